The summed E-state index contributed by atoms with van der Waals surface area (Å²) in [4.78, 5) is 23.2. The lowest BCUT2D eigenvalue weighted by molar-refractivity contribution is -0.156. The Labute approximate surface area is 141 Å². The second kappa shape index (κ2) is 8.49. The van der Waals surface area contributed by atoms with E-state index in [-0.39, 0.29) is 12.5 Å². The third kappa shape index (κ3) is 4.35. The third-order valence-electron chi connectivity index (χ3n) is 3.65. The minimum atomic E-state index is -0.911. The van der Waals surface area contributed by atoms with Crippen LogP contribution in [0.5, 0.6) is 0 Å². The zero-order valence-electron chi connectivity index (χ0n) is 14.0. The van der Waals surface area contributed by atoms with Crippen molar-refractivity contribution < 1.29 is 24.2 Å². The van der Waals surface area contributed by atoms with Crippen LogP contribution >= 0.6 is 0 Å². The summed E-state index contributed by atoms with van der Waals surface area (Å²) in [6, 6.07) is 7.54. The number of hydrogen-bond acceptors (Lipinski definition) is 4. The van der Waals surface area contributed by atoms with E-state index in [4.69, 9.17) is 14.6 Å². The van der Waals surface area contributed by atoms with Crippen LogP contribution in [0.3, 0.4) is 0 Å². The molecule has 1 atom stereocenters. The summed E-state index contributed by atoms with van der Waals surface area (Å²) in [7, 11) is 0. The van der Waals surface area contributed by atoms with Gasteiger partial charge < -0.3 is 19.1 Å². The first-order valence-electron chi connectivity index (χ1n) is 8.13. The maximum atomic E-state index is 12.1. The van der Waals surface area contributed by atoms with E-state index in [1.54, 1.807) is 17.7 Å². The second-order valence-electron chi connectivity index (χ2n) is 5.51. The number of carboxylic acid groups (broad SMARTS) is 1. The van der Waals surface area contributed by atoms with Gasteiger partial charge in [-0.25, -0.2) is 4.79 Å². The summed E-state index contributed by atoms with van der Waals surface area (Å²) in [6.07, 6.45) is 2.25. The zero-order valence-corrected chi connectivity index (χ0v) is 14.0. The van der Waals surface area contributed by atoms with Crippen LogP contribution in [0.2, 0.25) is 0 Å². The Morgan fingerprint density at radius 2 is 2.00 bits per heavy atom. The lowest BCUT2D eigenvalue weighted by atomic mass is 10.1. The number of carboxylic acids is 1. The van der Waals surface area contributed by atoms with Gasteiger partial charge in [-0.15, -0.1) is 0 Å². The number of carbonyl (C=O) groups excluding carboxylic acids is 1. The average Bonchev–Trinajstić information content (AvgIpc) is 2.89. The lowest BCUT2D eigenvalue weighted by Gasteiger charge is -2.15. The first-order valence-corrected chi connectivity index (χ1v) is 8.13. The maximum Gasteiger partial charge on any atom is 0.335 e. The topological polar surface area (TPSA) is 77.8 Å². The van der Waals surface area contributed by atoms with Crippen molar-refractivity contribution >= 4 is 22.8 Å². The highest BCUT2D eigenvalue weighted by molar-refractivity contribution is 5.86. The average molecular weight is 333 g/mol. The van der Waals surface area contributed by atoms with E-state index in [2.05, 4.69) is 0 Å². The Hall–Kier alpha value is -2.34. The van der Waals surface area contributed by atoms with Crippen LogP contribution in [0.4, 0.5) is 0 Å². The van der Waals surface area contributed by atoms with Crippen LogP contribution in [0.15, 0.2) is 30.5 Å². The molecule has 0 spiro atoms. The molecule has 24 heavy (non-hydrogen) atoms. The van der Waals surface area contributed by atoms with Crippen molar-refractivity contribution in [3.8, 4) is 0 Å². The van der Waals surface area contributed by atoms with Gasteiger partial charge in [-0.1, -0.05) is 25.1 Å². The summed E-state index contributed by atoms with van der Waals surface area (Å²) < 4.78 is 12.4. The Morgan fingerprint density at radius 1 is 1.25 bits per heavy atom. The van der Waals surface area contributed by atoms with Crippen molar-refractivity contribution in [2.75, 3.05) is 13.2 Å². The van der Waals surface area contributed by atoms with E-state index in [9.17, 15) is 9.59 Å². The van der Waals surface area contributed by atoms with Crippen molar-refractivity contribution in [1.82, 2.24) is 4.57 Å². The number of ether oxygens (including phenoxy) is 2. The molecule has 0 saturated carbocycles. The standard InChI is InChI=1S/C18H23NO5/c1-3-9-24-16(18(22)23-4-2)10-13-11-19(12-17(20)21)15-8-6-5-7-14(13)15/h5-8,11,16H,3-4,9-10,12H2,1-2H3,(H,20,21). The van der Waals surface area contributed by atoms with E-state index in [0.29, 0.717) is 19.6 Å². The zero-order chi connectivity index (χ0) is 17.5. The molecule has 130 valence electrons. The first-order chi connectivity index (χ1) is 11.6. The molecule has 0 amide bonds. The summed E-state index contributed by atoms with van der Waals surface area (Å²) in [6.45, 7) is 4.37. The molecule has 0 fully saturated rings. The molecule has 1 unspecified atom stereocenters. The number of esters is 1. The van der Waals surface area contributed by atoms with Crippen molar-refractivity contribution in [2.24, 2.45) is 0 Å². The molecule has 1 aromatic heterocycles. The number of hydrogen-bond donors (Lipinski definition) is 1. The number of para-hydroxylation sites is 1. The van der Waals surface area contributed by atoms with E-state index in [1.807, 2.05) is 31.2 Å². The lowest BCUT2D eigenvalue weighted by Crippen LogP contribution is -2.29. The Balaban J connectivity index is 2.31. The van der Waals surface area contributed by atoms with Gasteiger partial charge in [-0.3, -0.25) is 4.79 Å². The van der Waals surface area contributed by atoms with E-state index in [0.717, 1.165) is 22.9 Å². The molecule has 0 aliphatic rings. The van der Waals surface area contributed by atoms with Gasteiger partial charge in [0.15, 0.2) is 6.10 Å². The summed E-state index contributed by atoms with van der Waals surface area (Å²) in [5.41, 5.74) is 1.70. The summed E-state index contributed by atoms with van der Waals surface area (Å²) >= 11 is 0. The van der Waals surface area contributed by atoms with Gasteiger partial charge >= 0.3 is 11.9 Å². The van der Waals surface area contributed by atoms with Crippen LogP contribution in [-0.4, -0.2) is 40.9 Å². The largest absolute Gasteiger partial charge is 0.480 e. The Kier molecular flexibility index (Phi) is 6.37. The molecule has 6 nitrogen and oxygen atoms in total. The fourth-order valence-corrected chi connectivity index (χ4v) is 2.67. The molecular weight excluding hydrogens is 310 g/mol. The quantitative estimate of drug-likeness (QED) is 0.714. The SMILES string of the molecule is CCCOC(Cc1cn(CC(=O)O)c2ccccc12)C(=O)OCC. The van der Waals surface area contributed by atoms with Crippen LogP contribution in [0.1, 0.15) is 25.8 Å². The molecule has 2 aromatic rings. The van der Waals surface area contributed by atoms with Gasteiger partial charge in [0.2, 0.25) is 0 Å². The first kappa shape index (κ1) is 18.0. The van der Waals surface area contributed by atoms with Gasteiger partial charge in [0, 0.05) is 30.1 Å². The van der Waals surface area contributed by atoms with Crippen molar-refractivity contribution in [3.05, 3.63) is 36.0 Å². The minimum Gasteiger partial charge on any atom is -0.480 e. The number of nitrogens with zero attached hydrogens (tertiary/aromatic N) is 1. The van der Waals surface area contributed by atoms with E-state index >= 15 is 0 Å². The highest BCUT2D eigenvalue weighted by Crippen LogP contribution is 2.23. The number of fused-ring (bicyclic) bond motifs is 1. The molecule has 0 aliphatic carbocycles. The van der Waals surface area contributed by atoms with Crippen molar-refractivity contribution in [3.63, 3.8) is 0 Å². The summed E-state index contributed by atoms with van der Waals surface area (Å²) in [5.74, 6) is -1.30. The number of rotatable bonds is 9. The highest BCUT2D eigenvalue weighted by atomic mass is 16.6. The molecule has 0 aliphatic heterocycles. The van der Waals surface area contributed by atoms with Gasteiger partial charge in [-0.05, 0) is 25.0 Å². The van der Waals surface area contributed by atoms with Crippen LogP contribution in [0.25, 0.3) is 10.9 Å². The number of benzene rings is 1. The molecule has 1 N–H and O–H groups in total. The number of aliphatic carboxylic acids is 1. The van der Waals surface area contributed by atoms with Crippen LogP contribution in [-0.2, 0) is 32.0 Å². The summed E-state index contributed by atoms with van der Waals surface area (Å²) in [5, 5.41) is 10.00. The molecule has 0 radical (unpaired) electrons. The smallest absolute Gasteiger partial charge is 0.335 e. The predicted molar refractivity (Wildman–Crippen MR) is 89.9 cm³/mol. The predicted octanol–water partition coefficient (Wildman–Crippen LogP) is 2.63. The van der Waals surface area contributed by atoms with Gasteiger partial charge in [0.05, 0.1) is 6.61 Å². The van der Waals surface area contributed by atoms with Crippen molar-refractivity contribution in [2.45, 2.75) is 39.3 Å². The number of carbonyl (C=O) groups is 2. The molecule has 0 bridgehead atoms. The molecule has 1 aromatic carbocycles. The molecule has 2 rings (SSSR count). The monoisotopic (exact) mass is 333 g/mol. The normalized spacial score (nSPS) is 12.2. The minimum absolute atomic E-state index is 0.125. The van der Waals surface area contributed by atoms with Gasteiger partial charge in [-0.2, -0.15) is 0 Å². The molecular formula is C18H23NO5. The van der Waals surface area contributed by atoms with Crippen LogP contribution in [0, 0.1) is 0 Å². The Morgan fingerprint density at radius 3 is 2.67 bits per heavy atom. The fraction of sp³-hybridized carbons (Fsp3) is 0.444. The molecule has 1 heterocycles. The third-order valence-corrected chi connectivity index (χ3v) is 3.65. The maximum absolute atomic E-state index is 12.1. The van der Waals surface area contributed by atoms with Crippen LogP contribution < -0.4 is 0 Å². The molecule has 6 heteroatoms. The Bertz CT molecular complexity index is 706. The van der Waals surface area contributed by atoms with E-state index < -0.39 is 12.1 Å². The van der Waals surface area contributed by atoms with Gasteiger partial charge in [0.1, 0.15) is 6.54 Å². The van der Waals surface area contributed by atoms with E-state index in [1.165, 1.54) is 0 Å². The van der Waals surface area contributed by atoms with Crippen molar-refractivity contribution in [1.29, 1.82) is 0 Å². The number of aromatic nitrogens is 1. The van der Waals surface area contributed by atoms with Gasteiger partial charge in [0.25, 0.3) is 0 Å². The molecule has 0 saturated heterocycles. The highest BCUT2D eigenvalue weighted by Gasteiger charge is 2.23. The fourth-order valence-electron chi connectivity index (χ4n) is 2.67. The second-order valence-corrected chi connectivity index (χ2v) is 5.51.